The third kappa shape index (κ3) is 4.15. The van der Waals surface area contributed by atoms with Crippen molar-refractivity contribution in [3.63, 3.8) is 0 Å². The second-order valence-electron chi connectivity index (χ2n) is 3.52. The highest BCUT2D eigenvalue weighted by atomic mass is 19.1. The Morgan fingerprint density at radius 1 is 1.50 bits per heavy atom. The fourth-order valence-electron chi connectivity index (χ4n) is 1.28. The minimum Gasteiger partial charge on any atom is -0.466 e. The molecular formula is C11H15F2N3O2. The third-order valence-corrected chi connectivity index (χ3v) is 2.11. The average Bonchev–Trinajstić information content (AvgIpc) is 2.31. The summed E-state index contributed by atoms with van der Waals surface area (Å²) in [5, 5.41) is 2.64. The Balaban J connectivity index is 2.40. The number of rotatable bonds is 6. The standard InChI is InChI=1S/C11H15F2N3O2/c1-2-18-9(17)4-3-5-15-11-8(13)6-7(12)10(14)16-11/h6H,2-5H2,1H3,(H3,14,15,16). The molecule has 0 aliphatic heterocycles. The highest BCUT2D eigenvalue weighted by Crippen LogP contribution is 2.16. The number of anilines is 2. The van der Waals surface area contributed by atoms with Crippen LogP contribution in [0.5, 0.6) is 0 Å². The van der Waals surface area contributed by atoms with Gasteiger partial charge in [0.1, 0.15) is 0 Å². The number of esters is 1. The molecule has 0 aromatic carbocycles. The van der Waals surface area contributed by atoms with Gasteiger partial charge in [-0.25, -0.2) is 13.8 Å². The maximum atomic E-state index is 13.2. The number of hydrogen-bond donors (Lipinski definition) is 2. The predicted octanol–water partition coefficient (Wildman–Crippen LogP) is 1.70. The fourth-order valence-corrected chi connectivity index (χ4v) is 1.28. The van der Waals surface area contributed by atoms with Gasteiger partial charge in [0.15, 0.2) is 23.3 Å². The van der Waals surface area contributed by atoms with Gasteiger partial charge >= 0.3 is 5.97 Å². The van der Waals surface area contributed by atoms with Gasteiger partial charge in [0.05, 0.1) is 6.61 Å². The van der Waals surface area contributed by atoms with Crippen LogP contribution in [-0.4, -0.2) is 24.1 Å². The first kappa shape index (κ1) is 14.1. The Labute approximate surface area is 103 Å². The number of halogens is 2. The molecule has 1 aromatic rings. The molecule has 0 saturated carbocycles. The third-order valence-electron chi connectivity index (χ3n) is 2.11. The predicted molar refractivity (Wildman–Crippen MR) is 62.9 cm³/mol. The normalized spacial score (nSPS) is 10.2. The Bertz CT molecular complexity index is 427. The van der Waals surface area contributed by atoms with Crippen LogP contribution in [0.3, 0.4) is 0 Å². The van der Waals surface area contributed by atoms with Gasteiger partial charge in [0, 0.05) is 19.0 Å². The molecule has 5 nitrogen and oxygen atoms in total. The number of nitrogens with zero attached hydrogens (tertiary/aromatic N) is 1. The zero-order chi connectivity index (χ0) is 13.5. The smallest absolute Gasteiger partial charge is 0.305 e. The molecule has 3 N–H and O–H groups in total. The molecule has 1 aromatic heterocycles. The number of hydrogen-bond acceptors (Lipinski definition) is 5. The van der Waals surface area contributed by atoms with Crippen LogP contribution in [0.15, 0.2) is 6.07 Å². The first-order valence-corrected chi connectivity index (χ1v) is 5.55. The van der Waals surface area contributed by atoms with Crippen LogP contribution in [0.1, 0.15) is 19.8 Å². The number of nitrogen functional groups attached to an aromatic ring is 1. The van der Waals surface area contributed by atoms with Crippen LogP contribution in [0, 0.1) is 11.6 Å². The number of pyridine rings is 1. The average molecular weight is 259 g/mol. The highest BCUT2D eigenvalue weighted by Gasteiger charge is 2.09. The quantitative estimate of drug-likeness (QED) is 0.600. The molecular weight excluding hydrogens is 244 g/mol. The Morgan fingerprint density at radius 2 is 2.22 bits per heavy atom. The lowest BCUT2D eigenvalue weighted by molar-refractivity contribution is -0.143. The number of carbonyl (C=O) groups is 1. The molecule has 0 radical (unpaired) electrons. The monoisotopic (exact) mass is 259 g/mol. The number of ether oxygens (including phenoxy) is 1. The van der Waals surface area contributed by atoms with Crippen molar-refractivity contribution in [2.75, 3.05) is 24.2 Å². The maximum absolute atomic E-state index is 13.2. The molecule has 0 atom stereocenters. The van der Waals surface area contributed by atoms with E-state index in [1.54, 1.807) is 6.92 Å². The van der Waals surface area contributed by atoms with Gasteiger partial charge in [0.25, 0.3) is 0 Å². The maximum Gasteiger partial charge on any atom is 0.305 e. The Kier molecular flexibility index (Phi) is 5.29. The van der Waals surface area contributed by atoms with Crippen LogP contribution < -0.4 is 11.1 Å². The van der Waals surface area contributed by atoms with Gasteiger partial charge in [-0.3, -0.25) is 4.79 Å². The lowest BCUT2D eigenvalue weighted by Gasteiger charge is -2.07. The van der Waals surface area contributed by atoms with Crippen LogP contribution in [-0.2, 0) is 9.53 Å². The van der Waals surface area contributed by atoms with Gasteiger partial charge in [-0.15, -0.1) is 0 Å². The minimum atomic E-state index is -0.899. The molecule has 0 unspecified atom stereocenters. The van der Waals surface area contributed by atoms with E-state index in [0.29, 0.717) is 25.6 Å². The van der Waals surface area contributed by atoms with Crippen molar-refractivity contribution in [2.45, 2.75) is 19.8 Å². The topological polar surface area (TPSA) is 77.2 Å². The molecule has 0 aliphatic carbocycles. The lowest BCUT2D eigenvalue weighted by Crippen LogP contribution is -2.11. The van der Waals surface area contributed by atoms with Crippen molar-refractivity contribution >= 4 is 17.6 Å². The molecule has 0 aliphatic rings. The van der Waals surface area contributed by atoms with E-state index in [-0.39, 0.29) is 24.0 Å². The van der Waals surface area contributed by atoms with E-state index in [1.807, 2.05) is 0 Å². The van der Waals surface area contributed by atoms with Crippen LogP contribution in [0.4, 0.5) is 20.4 Å². The van der Waals surface area contributed by atoms with Crippen molar-refractivity contribution in [2.24, 2.45) is 0 Å². The van der Waals surface area contributed by atoms with E-state index < -0.39 is 11.6 Å². The Morgan fingerprint density at radius 3 is 2.89 bits per heavy atom. The van der Waals surface area contributed by atoms with E-state index in [2.05, 4.69) is 10.3 Å². The fraction of sp³-hybridized carbons (Fsp3) is 0.455. The van der Waals surface area contributed by atoms with E-state index in [4.69, 9.17) is 10.5 Å². The molecule has 0 bridgehead atoms. The van der Waals surface area contributed by atoms with Crippen LogP contribution in [0.25, 0.3) is 0 Å². The summed E-state index contributed by atoms with van der Waals surface area (Å²) in [7, 11) is 0. The summed E-state index contributed by atoms with van der Waals surface area (Å²) in [5.41, 5.74) is 5.21. The molecule has 7 heteroatoms. The van der Waals surface area contributed by atoms with E-state index in [0.717, 1.165) is 0 Å². The van der Waals surface area contributed by atoms with Gasteiger partial charge in [0.2, 0.25) is 0 Å². The van der Waals surface area contributed by atoms with Gasteiger partial charge in [-0.2, -0.15) is 0 Å². The van der Waals surface area contributed by atoms with E-state index in [1.165, 1.54) is 0 Å². The van der Waals surface area contributed by atoms with Crippen molar-refractivity contribution in [1.82, 2.24) is 4.98 Å². The zero-order valence-electron chi connectivity index (χ0n) is 10.0. The van der Waals surface area contributed by atoms with Crippen molar-refractivity contribution in [3.8, 4) is 0 Å². The van der Waals surface area contributed by atoms with Crippen molar-refractivity contribution < 1.29 is 18.3 Å². The van der Waals surface area contributed by atoms with Crippen LogP contribution in [0.2, 0.25) is 0 Å². The molecule has 1 heterocycles. The molecule has 100 valence electrons. The Hall–Kier alpha value is -1.92. The van der Waals surface area contributed by atoms with Gasteiger partial charge < -0.3 is 15.8 Å². The van der Waals surface area contributed by atoms with E-state index >= 15 is 0 Å². The van der Waals surface area contributed by atoms with Crippen molar-refractivity contribution in [1.29, 1.82) is 0 Å². The second kappa shape index (κ2) is 6.73. The summed E-state index contributed by atoms with van der Waals surface area (Å²) in [6.07, 6.45) is 0.677. The molecule has 1 rings (SSSR count). The second-order valence-corrected chi connectivity index (χ2v) is 3.52. The number of carbonyl (C=O) groups excluding carboxylic acids is 1. The van der Waals surface area contributed by atoms with Crippen molar-refractivity contribution in [3.05, 3.63) is 17.7 Å². The first-order valence-electron chi connectivity index (χ1n) is 5.55. The molecule has 0 amide bonds. The lowest BCUT2D eigenvalue weighted by atomic mass is 10.3. The largest absolute Gasteiger partial charge is 0.466 e. The number of nitrogens with two attached hydrogens (primary N) is 1. The zero-order valence-corrected chi connectivity index (χ0v) is 10.0. The number of nitrogens with one attached hydrogen (secondary N) is 1. The summed E-state index contributed by atoms with van der Waals surface area (Å²) < 4.78 is 30.8. The minimum absolute atomic E-state index is 0.127. The number of aromatic nitrogens is 1. The molecule has 18 heavy (non-hydrogen) atoms. The summed E-state index contributed by atoms with van der Waals surface area (Å²) in [5.74, 6) is -2.53. The summed E-state index contributed by atoms with van der Waals surface area (Å²) in [6.45, 7) is 2.36. The summed E-state index contributed by atoms with van der Waals surface area (Å²) in [6, 6.07) is 0.663. The molecule has 0 fully saturated rings. The molecule has 0 saturated heterocycles. The summed E-state index contributed by atoms with van der Waals surface area (Å²) in [4.78, 5) is 14.5. The highest BCUT2D eigenvalue weighted by molar-refractivity contribution is 5.69. The van der Waals surface area contributed by atoms with E-state index in [9.17, 15) is 13.6 Å². The van der Waals surface area contributed by atoms with Crippen LogP contribution >= 0.6 is 0 Å². The first-order chi connectivity index (χ1) is 8.54. The SMILES string of the molecule is CCOC(=O)CCCNc1nc(N)c(F)cc1F. The van der Waals surface area contributed by atoms with Gasteiger partial charge in [-0.1, -0.05) is 0 Å². The molecule has 0 spiro atoms. The summed E-state index contributed by atoms with van der Waals surface area (Å²) >= 11 is 0. The van der Waals surface area contributed by atoms with Gasteiger partial charge in [-0.05, 0) is 13.3 Å².